The predicted molar refractivity (Wildman–Crippen MR) is 120 cm³/mol. The van der Waals surface area contributed by atoms with E-state index in [2.05, 4.69) is 10.5 Å². The Morgan fingerprint density at radius 2 is 1.78 bits per heavy atom. The van der Waals surface area contributed by atoms with E-state index >= 15 is 0 Å². The van der Waals surface area contributed by atoms with E-state index in [0.29, 0.717) is 38.5 Å². The first kappa shape index (κ1) is 21.8. The number of hydrogen-bond donors (Lipinski definition) is 1. The highest BCUT2D eigenvalue weighted by Crippen LogP contribution is 2.23. The number of ether oxygens (including phenoxy) is 1. The lowest BCUT2D eigenvalue weighted by molar-refractivity contribution is -0.137. The number of rotatable bonds is 6. The van der Waals surface area contributed by atoms with Crippen LogP contribution < -0.4 is 5.32 Å². The number of amides is 2. The Hall–Kier alpha value is -3.45. The number of carbonyl (C=O) groups is 2. The first-order valence-electron chi connectivity index (χ1n) is 10.8. The molecule has 0 spiro atoms. The van der Waals surface area contributed by atoms with E-state index in [4.69, 9.17) is 9.26 Å². The Labute approximate surface area is 187 Å². The Bertz CT molecular complexity index is 1090. The van der Waals surface area contributed by atoms with E-state index in [1.165, 1.54) is 5.56 Å². The highest BCUT2D eigenvalue weighted by Gasteiger charge is 2.28. The zero-order chi connectivity index (χ0) is 22.5. The minimum atomic E-state index is -0.704. The lowest BCUT2D eigenvalue weighted by atomic mass is 10.0. The maximum Gasteiger partial charge on any atom is 0.274 e. The van der Waals surface area contributed by atoms with Crippen molar-refractivity contribution < 1.29 is 18.8 Å². The molecule has 7 nitrogen and oxygen atoms in total. The molecule has 1 aliphatic heterocycles. The molecule has 2 amide bonds. The van der Waals surface area contributed by atoms with Crippen molar-refractivity contribution in [2.75, 3.05) is 26.3 Å². The van der Waals surface area contributed by atoms with Crippen molar-refractivity contribution in [3.8, 4) is 11.3 Å². The molecule has 1 saturated heterocycles. The Balaban J connectivity index is 1.52. The van der Waals surface area contributed by atoms with Gasteiger partial charge in [-0.25, -0.2) is 0 Å². The molecule has 1 N–H and O–H groups in total. The first-order chi connectivity index (χ1) is 15.5. The topological polar surface area (TPSA) is 84.7 Å². The molecule has 2 heterocycles. The zero-order valence-corrected chi connectivity index (χ0v) is 18.3. The first-order valence-corrected chi connectivity index (χ1v) is 10.8. The highest BCUT2D eigenvalue weighted by molar-refractivity contribution is 5.96. The Morgan fingerprint density at radius 3 is 2.50 bits per heavy atom. The maximum absolute atomic E-state index is 13.2. The smallest absolute Gasteiger partial charge is 0.274 e. The van der Waals surface area contributed by atoms with Crippen molar-refractivity contribution in [1.82, 2.24) is 15.4 Å². The van der Waals surface area contributed by atoms with Crippen molar-refractivity contribution in [1.29, 1.82) is 0 Å². The number of aromatic nitrogens is 1. The average molecular weight is 434 g/mol. The minimum Gasteiger partial charge on any atom is -0.378 e. The fourth-order valence-corrected chi connectivity index (χ4v) is 3.70. The molecule has 2 aromatic carbocycles. The molecule has 0 unspecified atom stereocenters. The van der Waals surface area contributed by atoms with Gasteiger partial charge < -0.3 is 19.5 Å². The van der Waals surface area contributed by atoms with Gasteiger partial charge >= 0.3 is 0 Å². The summed E-state index contributed by atoms with van der Waals surface area (Å²) < 4.78 is 10.8. The Kier molecular flexibility index (Phi) is 6.66. The Morgan fingerprint density at radius 1 is 1.03 bits per heavy atom. The molecule has 1 aliphatic rings. The van der Waals surface area contributed by atoms with Gasteiger partial charge in [0.15, 0.2) is 11.5 Å². The van der Waals surface area contributed by atoms with Crippen LogP contribution in [-0.4, -0.2) is 54.2 Å². The van der Waals surface area contributed by atoms with E-state index in [1.807, 2.05) is 62.4 Å². The molecule has 0 aliphatic carbocycles. The third-order valence-corrected chi connectivity index (χ3v) is 5.74. The summed E-state index contributed by atoms with van der Waals surface area (Å²) >= 11 is 0. The highest BCUT2D eigenvalue weighted by atomic mass is 16.5. The lowest BCUT2D eigenvalue weighted by Crippen LogP contribution is -2.52. The quantitative estimate of drug-likeness (QED) is 0.646. The van der Waals surface area contributed by atoms with Gasteiger partial charge in [-0.2, -0.15) is 0 Å². The van der Waals surface area contributed by atoms with Crippen LogP contribution in [0.5, 0.6) is 0 Å². The summed E-state index contributed by atoms with van der Waals surface area (Å²) in [6.45, 7) is 6.09. The molecule has 3 aromatic rings. The molecule has 32 heavy (non-hydrogen) atoms. The lowest BCUT2D eigenvalue weighted by Gasteiger charge is -2.30. The third kappa shape index (κ3) is 5.06. The fourth-order valence-electron chi connectivity index (χ4n) is 3.70. The molecular formula is C25H27N3O4. The van der Waals surface area contributed by atoms with Crippen LogP contribution in [0.3, 0.4) is 0 Å². The molecule has 0 radical (unpaired) electrons. The van der Waals surface area contributed by atoms with Crippen LogP contribution in [-0.2, 0) is 16.0 Å². The fraction of sp³-hybridized carbons (Fsp3) is 0.320. The van der Waals surface area contributed by atoms with Crippen molar-refractivity contribution in [3.63, 3.8) is 0 Å². The largest absolute Gasteiger partial charge is 0.378 e. The van der Waals surface area contributed by atoms with Crippen molar-refractivity contribution >= 4 is 11.8 Å². The normalized spacial score (nSPS) is 14.8. The molecule has 1 aromatic heterocycles. The van der Waals surface area contributed by atoms with E-state index in [0.717, 1.165) is 16.7 Å². The zero-order valence-electron chi connectivity index (χ0n) is 18.3. The van der Waals surface area contributed by atoms with Gasteiger partial charge in [-0.15, -0.1) is 0 Å². The summed E-state index contributed by atoms with van der Waals surface area (Å²) in [6, 6.07) is 16.5. The van der Waals surface area contributed by atoms with Gasteiger partial charge in [0, 0.05) is 31.1 Å². The molecule has 0 saturated carbocycles. The molecular weight excluding hydrogens is 406 g/mol. The predicted octanol–water partition coefficient (Wildman–Crippen LogP) is 3.16. The molecule has 0 bridgehead atoms. The number of benzene rings is 2. The molecule has 7 heteroatoms. The van der Waals surface area contributed by atoms with Crippen LogP contribution in [0.4, 0.5) is 0 Å². The summed E-state index contributed by atoms with van der Waals surface area (Å²) in [5.41, 5.74) is 4.27. The number of nitrogens with one attached hydrogen (secondary N) is 1. The second kappa shape index (κ2) is 9.78. The molecule has 1 fully saturated rings. The van der Waals surface area contributed by atoms with Crippen LogP contribution in [0.25, 0.3) is 11.3 Å². The summed E-state index contributed by atoms with van der Waals surface area (Å²) in [7, 11) is 0. The van der Waals surface area contributed by atoms with E-state index in [-0.39, 0.29) is 11.6 Å². The molecule has 1 atom stereocenters. The van der Waals surface area contributed by atoms with E-state index < -0.39 is 11.9 Å². The second-order valence-electron chi connectivity index (χ2n) is 8.03. The SMILES string of the molecule is Cc1ccc(-c2cc(C(=O)N[C@H](Cc3ccccc3)C(=O)N3CCOCC3)no2)cc1C. The monoisotopic (exact) mass is 433 g/mol. The molecule has 166 valence electrons. The summed E-state index contributed by atoms with van der Waals surface area (Å²) in [5, 5.41) is 6.82. The van der Waals surface area contributed by atoms with Gasteiger partial charge in [-0.3, -0.25) is 9.59 Å². The van der Waals surface area contributed by atoms with Crippen LogP contribution in [0.15, 0.2) is 59.1 Å². The second-order valence-corrected chi connectivity index (χ2v) is 8.03. The number of carbonyl (C=O) groups excluding carboxylic acids is 2. The van der Waals surface area contributed by atoms with Gasteiger partial charge in [-0.1, -0.05) is 47.6 Å². The maximum atomic E-state index is 13.2. The van der Waals surface area contributed by atoms with Crippen molar-refractivity contribution in [2.45, 2.75) is 26.3 Å². The van der Waals surface area contributed by atoms with Gasteiger partial charge in [0.2, 0.25) is 5.91 Å². The summed E-state index contributed by atoms with van der Waals surface area (Å²) in [6.07, 6.45) is 0.393. The standard InChI is InChI=1S/C25H27N3O4/c1-17-8-9-20(14-18(17)2)23-16-21(27-32-23)24(29)26-22(15-19-6-4-3-5-7-19)25(30)28-10-12-31-13-11-28/h3-9,14,16,22H,10-13,15H2,1-2H3,(H,26,29)/t22-/m1/s1. The number of aryl methyl sites for hydroxylation is 2. The van der Waals surface area contributed by atoms with Crippen molar-refractivity contribution in [2.24, 2.45) is 0 Å². The van der Waals surface area contributed by atoms with Crippen molar-refractivity contribution in [3.05, 3.63) is 77.0 Å². The van der Waals surface area contributed by atoms with Gasteiger partial charge in [-0.05, 0) is 36.6 Å². The molecule has 4 rings (SSSR count). The van der Waals surface area contributed by atoms with E-state index in [9.17, 15) is 9.59 Å². The number of morpholine rings is 1. The minimum absolute atomic E-state index is 0.122. The van der Waals surface area contributed by atoms with Gasteiger partial charge in [0.1, 0.15) is 6.04 Å². The van der Waals surface area contributed by atoms with E-state index in [1.54, 1.807) is 11.0 Å². The summed E-state index contributed by atoms with van der Waals surface area (Å²) in [5.74, 6) is -0.0490. The van der Waals surface area contributed by atoms with Gasteiger partial charge in [0.25, 0.3) is 5.91 Å². The third-order valence-electron chi connectivity index (χ3n) is 5.74. The van der Waals surface area contributed by atoms with Crippen LogP contribution in [0.2, 0.25) is 0 Å². The summed E-state index contributed by atoms with van der Waals surface area (Å²) in [4.78, 5) is 27.9. The van der Waals surface area contributed by atoms with Crippen LogP contribution >= 0.6 is 0 Å². The number of nitrogens with zero attached hydrogens (tertiary/aromatic N) is 2. The van der Waals surface area contributed by atoms with Gasteiger partial charge in [0.05, 0.1) is 13.2 Å². The van der Waals surface area contributed by atoms with Crippen LogP contribution in [0, 0.1) is 13.8 Å². The average Bonchev–Trinajstić information content (AvgIpc) is 3.32. The van der Waals surface area contributed by atoms with Crippen LogP contribution in [0.1, 0.15) is 27.2 Å². The number of hydrogen-bond acceptors (Lipinski definition) is 5.